The Morgan fingerprint density at radius 2 is 1.90 bits per heavy atom. The second-order valence-corrected chi connectivity index (χ2v) is 8.17. The SMILES string of the molecule is O=C1CCCN1CCCn1c(SCc2cc(F)ccc2F)nc2ccccc2c1=O. The number of carbonyl (C=O) groups excluding carboxylic acids is 1. The highest BCUT2D eigenvalue weighted by Gasteiger charge is 2.20. The van der Waals surface area contributed by atoms with Crippen molar-refractivity contribution in [3.8, 4) is 0 Å². The molecule has 0 spiro atoms. The van der Waals surface area contributed by atoms with Crippen LogP contribution in [0.4, 0.5) is 8.78 Å². The van der Waals surface area contributed by atoms with Crippen LogP contribution >= 0.6 is 11.8 Å². The van der Waals surface area contributed by atoms with Gasteiger partial charge in [-0.3, -0.25) is 14.2 Å². The van der Waals surface area contributed by atoms with Crippen LogP contribution in [-0.2, 0) is 17.1 Å². The van der Waals surface area contributed by atoms with E-state index in [4.69, 9.17) is 0 Å². The number of amides is 1. The fraction of sp³-hybridized carbons (Fsp3) is 0.318. The second kappa shape index (κ2) is 8.95. The van der Waals surface area contributed by atoms with Gasteiger partial charge in [0.15, 0.2) is 5.16 Å². The van der Waals surface area contributed by atoms with E-state index in [1.54, 1.807) is 28.8 Å². The van der Waals surface area contributed by atoms with E-state index >= 15 is 0 Å². The van der Waals surface area contributed by atoms with Crippen molar-refractivity contribution in [2.75, 3.05) is 13.1 Å². The standard InChI is InChI=1S/C22H21F2N3O2S/c23-16-8-9-18(24)15(13-16)14-30-22-25-19-6-2-1-5-17(19)21(29)27(22)12-4-11-26-10-3-7-20(26)28/h1-2,5-6,8-9,13H,3-4,7,10-12,14H2. The number of nitrogens with zero attached hydrogens (tertiary/aromatic N) is 3. The van der Waals surface area contributed by atoms with Crippen LogP contribution < -0.4 is 5.56 Å². The predicted octanol–water partition coefficient (Wildman–Crippen LogP) is 3.98. The van der Waals surface area contributed by atoms with Crippen LogP contribution in [0.2, 0.25) is 0 Å². The summed E-state index contributed by atoms with van der Waals surface area (Å²) < 4.78 is 29.1. The lowest BCUT2D eigenvalue weighted by atomic mass is 10.2. The van der Waals surface area contributed by atoms with E-state index < -0.39 is 11.6 Å². The highest BCUT2D eigenvalue weighted by molar-refractivity contribution is 7.98. The monoisotopic (exact) mass is 429 g/mol. The van der Waals surface area contributed by atoms with Gasteiger partial charge in [-0.2, -0.15) is 0 Å². The van der Waals surface area contributed by atoms with Crippen molar-refractivity contribution in [2.24, 2.45) is 0 Å². The number of hydrogen-bond donors (Lipinski definition) is 0. The van der Waals surface area contributed by atoms with Crippen molar-refractivity contribution >= 4 is 28.6 Å². The molecule has 4 rings (SSSR count). The summed E-state index contributed by atoms with van der Waals surface area (Å²) >= 11 is 1.20. The molecule has 1 saturated heterocycles. The van der Waals surface area contributed by atoms with Gasteiger partial charge in [-0.15, -0.1) is 0 Å². The zero-order valence-corrected chi connectivity index (χ0v) is 17.1. The van der Waals surface area contributed by atoms with Gasteiger partial charge >= 0.3 is 0 Å². The molecule has 8 heteroatoms. The Hall–Kier alpha value is -2.74. The van der Waals surface area contributed by atoms with E-state index in [1.165, 1.54) is 11.8 Å². The predicted molar refractivity (Wildman–Crippen MR) is 112 cm³/mol. The van der Waals surface area contributed by atoms with Crippen LogP contribution in [0.15, 0.2) is 52.4 Å². The van der Waals surface area contributed by atoms with Crippen molar-refractivity contribution in [2.45, 2.75) is 36.7 Å². The fourth-order valence-electron chi connectivity index (χ4n) is 3.61. The number of aromatic nitrogens is 2. The van der Waals surface area contributed by atoms with Gasteiger partial charge in [0.25, 0.3) is 5.56 Å². The number of thioether (sulfide) groups is 1. The van der Waals surface area contributed by atoms with Crippen LogP contribution in [0.25, 0.3) is 10.9 Å². The zero-order valence-electron chi connectivity index (χ0n) is 16.3. The first-order valence-electron chi connectivity index (χ1n) is 9.87. The maximum absolute atomic E-state index is 14.0. The molecule has 0 saturated carbocycles. The van der Waals surface area contributed by atoms with Crippen molar-refractivity contribution in [3.05, 3.63) is 70.0 Å². The molecule has 1 aliphatic rings. The molecule has 2 aromatic carbocycles. The molecule has 0 radical (unpaired) electrons. The summed E-state index contributed by atoms with van der Waals surface area (Å²) in [5.74, 6) is -0.702. The van der Waals surface area contributed by atoms with Gasteiger partial charge in [0.2, 0.25) is 5.91 Å². The van der Waals surface area contributed by atoms with Gasteiger partial charge in [0.05, 0.1) is 10.9 Å². The van der Waals surface area contributed by atoms with Crippen LogP contribution in [0.5, 0.6) is 0 Å². The number of fused-ring (bicyclic) bond motifs is 1. The Labute approximate surface area is 176 Å². The van der Waals surface area contributed by atoms with Gasteiger partial charge in [-0.1, -0.05) is 23.9 Å². The van der Waals surface area contributed by atoms with Crippen molar-refractivity contribution in [1.29, 1.82) is 0 Å². The lowest BCUT2D eigenvalue weighted by Gasteiger charge is -2.17. The summed E-state index contributed by atoms with van der Waals surface area (Å²) in [6.45, 7) is 1.74. The number of rotatable bonds is 7. The smallest absolute Gasteiger partial charge is 0.262 e. The molecule has 0 unspecified atom stereocenters. The van der Waals surface area contributed by atoms with Crippen LogP contribution in [0.1, 0.15) is 24.8 Å². The third-order valence-electron chi connectivity index (χ3n) is 5.17. The highest BCUT2D eigenvalue weighted by Crippen LogP contribution is 2.24. The summed E-state index contributed by atoms with van der Waals surface area (Å²) in [5, 5.41) is 0.964. The summed E-state index contributed by atoms with van der Waals surface area (Å²) in [6, 6.07) is 10.4. The lowest BCUT2D eigenvalue weighted by Crippen LogP contribution is -2.29. The Kier molecular flexibility index (Phi) is 6.13. The molecule has 3 aromatic rings. The van der Waals surface area contributed by atoms with Crippen LogP contribution in [-0.4, -0.2) is 33.4 Å². The summed E-state index contributed by atoms with van der Waals surface area (Å²) in [4.78, 5) is 31.3. The minimum atomic E-state index is -0.508. The van der Waals surface area contributed by atoms with Gasteiger partial charge in [0, 0.05) is 37.4 Å². The Morgan fingerprint density at radius 3 is 2.70 bits per heavy atom. The van der Waals surface area contributed by atoms with Crippen LogP contribution in [0, 0.1) is 11.6 Å². The molecular weight excluding hydrogens is 408 g/mol. The first kappa shape index (κ1) is 20.5. The van der Waals surface area contributed by atoms with Crippen molar-refractivity contribution in [1.82, 2.24) is 14.5 Å². The molecule has 30 heavy (non-hydrogen) atoms. The molecule has 0 bridgehead atoms. The maximum Gasteiger partial charge on any atom is 0.262 e. The highest BCUT2D eigenvalue weighted by atomic mass is 32.2. The first-order chi connectivity index (χ1) is 14.5. The number of benzene rings is 2. The summed E-state index contributed by atoms with van der Waals surface area (Å²) in [5.41, 5.74) is 0.614. The molecule has 0 atom stereocenters. The molecule has 1 fully saturated rings. The maximum atomic E-state index is 14.0. The third-order valence-corrected chi connectivity index (χ3v) is 6.20. The minimum absolute atomic E-state index is 0.148. The van der Waals surface area contributed by atoms with Crippen molar-refractivity contribution < 1.29 is 13.6 Å². The minimum Gasteiger partial charge on any atom is -0.343 e. The molecule has 0 aliphatic carbocycles. The van der Waals surface area contributed by atoms with E-state index in [0.717, 1.165) is 31.2 Å². The summed E-state index contributed by atoms with van der Waals surface area (Å²) in [7, 11) is 0. The number of halogens is 2. The molecular formula is C22H21F2N3O2S. The average Bonchev–Trinajstić information content (AvgIpc) is 3.15. The first-order valence-corrected chi connectivity index (χ1v) is 10.9. The molecule has 1 amide bonds. The Balaban J connectivity index is 1.59. The molecule has 1 aromatic heterocycles. The average molecular weight is 429 g/mol. The normalized spacial score (nSPS) is 14.1. The fourth-order valence-corrected chi connectivity index (χ4v) is 4.61. The Bertz CT molecular complexity index is 1150. The zero-order chi connectivity index (χ0) is 21.1. The van der Waals surface area contributed by atoms with Gasteiger partial charge in [-0.25, -0.2) is 13.8 Å². The molecule has 2 heterocycles. The Morgan fingerprint density at radius 1 is 1.07 bits per heavy atom. The number of hydrogen-bond acceptors (Lipinski definition) is 4. The van der Waals surface area contributed by atoms with E-state index in [9.17, 15) is 18.4 Å². The molecule has 0 N–H and O–H groups in total. The van der Waals surface area contributed by atoms with Gasteiger partial charge < -0.3 is 4.90 Å². The summed E-state index contributed by atoms with van der Waals surface area (Å²) in [6.07, 6.45) is 2.07. The number of carbonyl (C=O) groups is 1. The largest absolute Gasteiger partial charge is 0.343 e. The lowest BCUT2D eigenvalue weighted by molar-refractivity contribution is -0.127. The quantitative estimate of drug-likeness (QED) is 0.421. The van der Waals surface area contributed by atoms with E-state index in [2.05, 4.69) is 4.98 Å². The van der Waals surface area contributed by atoms with E-state index in [1.807, 2.05) is 4.90 Å². The van der Waals surface area contributed by atoms with Gasteiger partial charge in [0.1, 0.15) is 11.6 Å². The molecule has 1 aliphatic heterocycles. The molecule has 156 valence electrons. The van der Waals surface area contributed by atoms with Crippen LogP contribution in [0.3, 0.4) is 0 Å². The number of likely N-dealkylation sites (tertiary alicyclic amines) is 1. The van der Waals surface area contributed by atoms with E-state index in [-0.39, 0.29) is 22.8 Å². The van der Waals surface area contributed by atoms with Crippen molar-refractivity contribution in [3.63, 3.8) is 0 Å². The molecule has 5 nitrogen and oxygen atoms in total. The topological polar surface area (TPSA) is 55.2 Å². The second-order valence-electron chi connectivity index (χ2n) is 7.23. The number of para-hydroxylation sites is 1. The van der Waals surface area contributed by atoms with Gasteiger partial charge in [-0.05, 0) is 43.2 Å². The van der Waals surface area contributed by atoms with E-state index in [0.29, 0.717) is 42.0 Å². The third kappa shape index (κ3) is 4.38.